The summed E-state index contributed by atoms with van der Waals surface area (Å²) in [6.45, 7) is 0. The quantitative estimate of drug-likeness (QED) is 0.160. The van der Waals surface area contributed by atoms with Crippen LogP contribution in [0.3, 0.4) is 0 Å². The molecule has 0 bridgehead atoms. The molecule has 0 aliphatic carbocycles. The predicted molar refractivity (Wildman–Crippen MR) is 265 cm³/mol. The molecular weight excluding hydrogens is 795 g/mol. The van der Waals surface area contributed by atoms with E-state index < -0.39 is 0 Å². The van der Waals surface area contributed by atoms with Gasteiger partial charge in [-0.05, 0) is 72.8 Å². The van der Waals surface area contributed by atoms with E-state index in [-0.39, 0.29) is 0 Å². The van der Waals surface area contributed by atoms with Gasteiger partial charge >= 0.3 is 0 Å². The first kappa shape index (κ1) is 36.7. The summed E-state index contributed by atoms with van der Waals surface area (Å²) in [4.78, 5) is 20.8. The lowest BCUT2D eigenvalue weighted by atomic mass is 10.1. The van der Waals surface area contributed by atoms with Crippen LogP contribution >= 0.6 is 0 Å². The fourth-order valence-electron chi connectivity index (χ4n) is 9.66. The van der Waals surface area contributed by atoms with Crippen LogP contribution in [0, 0.1) is 0 Å². The molecule has 0 aliphatic rings. The second-order valence-corrected chi connectivity index (χ2v) is 16.3. The van der Waals surface area contributed by atoms with Crippen molar-refractivity contribution in [2.24, 2.45) is 0 Å². The SMILES string of the molecule is c1ccc(-c2nc(-c3ccccc3)nc(-c3ccc(-n4c5ccccc5c5c(-n6c7ccccc7c7ccccc76)cccc54)c(-c4nc5ccccc5n4-c4ccccc4)c3)n2)cc1. The van der Waals surface area contributed by atoms with E-state index in [1.807, 2.05) is 60.7 Å². The van der Waals surface area contributed by atoms with Gasteiger partial charge in [0.1, 0.15) is 5.82 Å². The van der Waals surface area contributed by atoms with Gasteiger partial charge in [0.05, 0.1) is 44.5 Å². The van der Waals surface area contributed by atoms with Gasteiger partial charge in [-0.3, -0.25) is 4.57 Å². The Morgan fingerprint density at radius 2 is 0.769 bits per heavy atom. The molecule has 4 heterocycles. The average molecular weight is 832 g/mol. The summed E-state index contributed by atoms with van der Waals surface area (Å²) >= 11 is 0. The van der Waals surface area contributed by atoms with Crippen molar-refractivity contribution in [3.8, 4) is 62.6 Å². The Morgan fingerprint density at radius 1 is 0.292 bits per heavy atom. The van der Waals surface area contributed by atoms with E-state index in [0.29, 0.717) is 17.5 Å². The molecule has 7 heteroatoms. The lowest BCUT2D eigenvalue weighted by Crippen LogP contribution is -2.04. The minimum Gasteiger partial charge on any atom is -0.309 e. The normalized spacial score (nSPS) is 11.7. The number of imidazole rings is 1. The van der Waals surface area contributed by atoms with Crippen LogP contribution in [-0.4, -0.2) is 33.6 Å². The third-order valence-electron chi connectivity index (χ3n) is 12.5. The van der Waals surface area contributed by atoms with Crippen LogP contribution in [-0.2, 0) is 0 Å². The molecule has 13 rings (SSSR count). The third-order valence-corrected chi connectivity index (χ3v) is 12.5. The summed E-state index contributed by atoms with van der Waals surface area (Å²) in [6, 6.07) is 78.5. The molecule has 9 aromatic carbocycles. The molecular formula is C58H37N7. The minimum atomic E-state index is 0.573. The number of fused-ring (bicyclic) bond motifs is 7. The molecule has 13 aromatic rings. The van der Waals surface area contributed by atoms with Gasteiger partial charge in [0.2, 0.25) is 0 Å². The van der Waals surface area contributed by atoms with E-state index in [4.69, 9.17) is 19.9 Å². The first-order chi connectivity index (χ1) is 32.3. The van der Waals surface area contributed by atoms with Crippen LogP contribution in [0.5, 0.6) is 0 Å². The van der Waals surface area contributed by atoms with Gasteiger partial charge in [-0.25, -0.2) is 19.9 Å². The molecule has 0 saturated heterocycles. The van der Waals surface area contributed by atoms with Gasteiger partial charge in [0.25, 0.3) is 0 Å². The standard InChI is InChI=1S/C58H37N7/c1-4-19-38(20-5-1)55-60-56(39-21-6-2-7-22-39)62-57(61-55)40-35-36-50(45(37-40)58-59-46-28-13-17-32-51(46)63(58)41-23-8-3-9-24-41)65-49-31-16-12-27-44(49)54-52(33-18-34-53(54)65)64-47-29-14-10-25-42(47)43-26-11-15-30-48(43)64/h1-37H. The Kier molecular flexibility index (Phi) is 8.39. The van der Waals surface area contributed by atoms with Crippen molar-refractivity contribution in [1.82, 2.24) is 33.6 Å². The van der Waals surface area contributed by atoms with E-state index in [0.717, 1.165) is 72.6 Å². The largest absolute Gasteiger partial charge is 0.309 e. The lowest BCUT2D eigenvalue weighted by Gasteiger charge is -2.17. The summed E-state index contributed by atoms with van der Waals surface area (Å²) < 4.78 is 7.11. The fourth-order valence-corrected chi connectivity index (χ4v) is 9.66. The third kappa shape index (κ3) is 5.90. The number of aromatic nitrogens is 7. The van der Waals surface area contributed by atoms with Crippen molar-refractivity contribution in [3.63, 3.8) is 0 Å². The number of benzene rings is 9. The Balaban J connectivity index is 1.12. The fraction of sp³-hybridized carbons (Fsp3) is 0. The van der Waals surface area contributed by atoms with Crippen LogP contribution in [0.4, 0.5) is 0 Å². The lowest BCUT2D eigenvalue weighted by molar-refractivity contribution is 1.07. The molecule has 0 N–H and O–H groups in total. The maximum absolute atomic E-state index is 5.47. The zero-order valence-corrected chi connectivity index (χ0v) is 35.0. The Bertz CT molecular complexity index is 3830. The monoisotopic (exact) mass is 831 g/mol. The zero-order valence-electron chi connectivity index (χ0n) is 35.0. The molecule has 0 saturated carbocycles. The summed E-state index contributed by atoms with van der Waals surface area (Å²) in [5.41, 5.74) is 13.1. The van der Waals surface area contributed by atoms with E-state index in [1.54, 1.807) is 0 Å². The number of rotatable bonds is 7. The molecule has 0 unspecified atom stereocenters. The molecule has 65 heavy (non-hydrogen) atoms. The zero-order chi connectivity index (χ0) is 42.8. The van der Waals surface area contributed by atoms with E-state index in [9.17, 15) is 0 Å². The number of para-hydroxylation sites is 6. The van der Waals surface area contributed by atoms with Gasteiger partial charge in [-0.1, -0.05) is 152 Å². The molecule has 0 fully saturated rings. The molecule has 0 amide bonds. The maximum Gasteiger partial charge on any atom is 0.164 e. The Hall–Kier alpha value is -8.94. The first-order valence-electron chi connectivity index (χ1n) is 21.8. The van der Waals surface area contributed by atoms with Crippen LogP contribution in [0.25, 0.3) is 117 Å². The van der Waals surface area contributed by atoms with Gasteiger partial charge < -0.3 is 9.13 Å². The number of hydrogen-bond acceptors (Lipinski definition) is 4. The average Bonchev–Trinajstić information content (AvgIpc) is 4.05. The minimum absolute atomic E-state index is 0.573. The van der Waals surface area contributed by atoms with E-state index >= 15 is 0 Å². The maximum atomic E-state index is 5.47. The van der Waals surface area contributed by atoms with E-state index in [2.05, 4.69) is 177 Å². The van der Waals surface area contributed by atoms with Gasteiger partial charge in [0.15, 0.2) is 17.5 Å². The number of nitrogens with zero attached hydrogens (tertiary/aromatic N) is 7. The molecule has 4 aromatic heterocycles. The van der Waals surface area contributed by atoms with Gasteiger partial charge in [-0.2, -0.15) is 0 Å². The molecule has 0 spiro atoms. The highest BCUT2D eigenvalue weighted by Gasteiger charge is 2.25. The number of hydrogen-bond donors (Lipinski definition) is 0. The molecule has 0 radical (unpaired) electrons. The summed E-state index contributed by atoms with van der Waals surface area (Å²) in [5, 5.41) is 4.78. The summed E-state index contributed by atoms with van der Waals surface area (Å²) in [6.07, 6.45) is 0. The molecule has 0 atom stereocenters. The van der Waals surface area contributed by atoms with Gasteiger partial charge in [0, 0.05) is 49.5 Å². The van der Waals surface area contributed by atoms with Crippen molar-refractivity contribution in [2.75, 3.05) is 0 Å². The van der Waals surface area contributed by atoms with Gasteiger partial charge in [-0.15, -0.1) is 0 Å². The van der Waals surface area contributed by atoms with Crippen molar-refractivity contribution in [3.05, 3.63) is 224 Å². The van der Waals surface area contributed by atoms with Crippen LogP contribution in [0.1, 0.15) is 0 Å². The predicted octanol–water partition coefficient (Wildman–Crippen LogP) is 14.1. The van der Waals surface area contributed by atoms with Crippen LogP contribution < -0.4 is 0 Å². The van der Waals surface area contributed by atoms with Crippen molar-refractivity contribution < 1.29 is 0 Å². The van der Waals surface area contributed by atoms with Crippen LogP contribution in [0.15, 0.2) is 224 Å². The van der Waals surface area contributed by atoms with Crippen molar-refractivity contribution in [1.29, 1.82) is 0 Å². The van der Waals surface area contributed by atoms with Crippen molar-refractivity contribution in [2.45, 2.75) is 0 Å². The molecule has 304 valence electrons. The highest BCUT2D eigenvalue weighted by Crippen LogP contribution is 2.43. The topological polar surface area (TPSA) is 66.3 Å². The molecule has 0 aliphatic heterocycles. The highest BCUT2D eigenvalue weighted by molar-refractivity contribution is 6.16. The summed E-state index contributed by atoms with van der Waals surface area (Å²) in [7, 11) is 0. The second kappa shape index (κ2) is 14.9. The van der Waals surface area contributed by atoms with Crippen molar-refractivity contribution >= 4 is 54.6 Å². The second-order valence-electron chi connectivity index (χ2n) is 16.3. The first-order valence-corrected chi connectivity index (χ1v) is 21.8. The molecule has 7 nitrogen and oxygen atoms in total. The highest BCUT2D eigenvalue weighted by atomic mass is 15.1. The summed E-state index contributed by atoms with van der Waals surface area (Å²) in [5.74, 6) is 2.59. The van der Waals surface area contributed by atoms with Crippen LogP contribution in [0.2, 0.25) is 0 Å². The van der Waals surface area contributed by atoms with E-state index in [1.165, 1.54) is 27.2 Å². The Morgan fingerprint density at radius 3 is 1.40 bits per heavy atom. The Labute approximate surface area is 373 Å². The smallest absolute Gasteiger partial charge is 0.164 e.